The fourth-order valence-electron chi connectivity index (χ4n) is 2.48. The molecule has 0 bridgehead atoms. The number of hydrogen-bond acceptors (Lipinski definition) is 6. The smallest absolute Gasteiger partial charge is 0.255 e. The second kappa shape index (κ2) is 8.47. The molecule has 0 aromatic heterocycles. The lowest BCUT2D eigenvalue weighted by atomic mass is 10.1. The molecule has 28 heavy (non-hydrogen) atoms. The van der Waals surface area contributed by atoms with Crippen molar-refractivity contribution in [1.82, 2.24) is 5.32 Å². The van der Waals surface area contributed by atoms with Gasteiger partial charge in [0.25, 0.3) is 5.91 Å². The molecule has 1 aliphatic rings. The molecule has 1 aliphatic heterocycles. The van der Waals surface area contributed by atoms with Crippen LogP contribution in [0.2, 0.25) is 0 Å². The number of fused-ring (bicyclic) bond motifs is 1. The van der Waals surface area contributed by atoms with Gasteiger partial charge in [0.05, 0.1) is 18.3 Å². The Morgan fingerprint density at radius 3 is 2.54 bits per heavy atom. The highest BCUT2D eigenvalue weighted by atomic mass is 16.7. The number of rotatable bonds is 7. The Labute approximate surface area is 162 Å². The monoisotopic (exact) mass is 382 g/mol. The van der Waals surface area contributed by atoms with Gasteiger partial charge in [0.2, 0.25) is 6.79 Å². The molecular weight excluding hydrogens is 362 g/mol. The van der Waals surface area contributed by atoms with Gasteiger partial charge in [0.15, 0.2) is 11.5 Å². The van der Waals surface area contributed by atoms with E-state index in [1.54, 1.807) is 42.5 Å². The first-order valence-corrected chi connectivity index (χ1v) is 8.79. The molecule has 1 heterocycles. The number of ether oxygens (including phenoxy) is 3. The molecule has 0 unspecified atom stereocenters. The predicted molar refractivity (Wildman–Crippen MR) is 99.8 cm³/mol. The first kappa shape index (κ1) is 19.3. The zero-order valence-corrected chi connectivity index (χ0v) is 15.6. The SMILES string of the molecule is CC(C)COc1ccc(C(=O)N/C(=C/c2ccc3c(c2)OCO3)C(=O)[O-])cc1. The summed E-state index contributed by atoms with van der Waals surface area (Å²) in [5.41, 5.74) is 0.472. The molecule has 0 spiro atoms. The van der Waals surface area contributed by atoms with Gasteiger partial charge in [-0.25, -0.2) is 0 Å². The van der Waals surface area contributed by atoms with E-state index in [0.29, 0.717) is 40.9 Å². The van der Waals surface area contributed by atoms with Crippen LogP contribution in [0.4, 0.5) is 0 Å². The molecule has 0 atom stereocenters. The predicted octanol–water partition coefficient (Wildman–Crippen LogP) is 1.97. The van der Waals surface area contributed by atoms with E-state index in [1.165, 1.54) is 6.08 Å². The molecule has 146 valence electrons. The van der Waals surface area contributed by atoms with Crippen molar-refractivity contribution in [1.29, 1.82) is 0 Å². The summed E-state index contributed by atoms with van der Waals surface area (Å²) in [5.74, 6) is 0.0522. The van der Waals surface area contributed by atoms with Crippen molar-refractivity contribution in [2.24, 2.45) is 5.92 Å². The van der Waals surface area contributed by atoms with E-state index in [0.717, 1.165) is 0 Å². The van der Waals surface area contributed by atoms with Crippen LogP contribution in [0.3, 0.4) is 0 Å². The minimum Gasteiger partial charge on any atom is -0.543 e. The van der Waals surface area contributed by atoms with Gasteiger partial charge in [0, 0.05) is 5.56 Å². The van der Waals surface area contributed by atoms with E-state index >= 15 is 0 Å². The van der Waals surface area contributed by atoms with E-state index in [1.807, 2.05) is 13.8 Å². The Morgan fingerprint density at radius 2 is 1.86 bits per heavy atom. The first-order valence-electron chi connectivity index (χ1n) is 8.79. The van der Waals surface area contributed by atoms with Crippen LogP contribution in [0.15, 0.2) is 48.2 Å². The van der Waals surface area contributed by atoms with Gasteiger partial charge in [-0.2, -0.15) is 0 Å². The standard InChI is InChI=1S/C21H21NO6/c1-13(2)11-26-16-6-4-15(5-7-16)20(23)22-17(21(24)25)9-14-3-8-18-19(10-14)28-12-27-18/h3-10,13H,11-12H2,1-2H3,(H,22,23)(H,24,25)/p-1/b17-9+. The normalized spacial score (nSPS) is 12.8. The second-order valence-corrected chi connectivity index (χ2v) is 6.64. The number of carboxylic acid groups (broad SMARTS) is 1. The summed E-state index contributed by atoms with van der Waals surface area (Å²) >= 11 is 0. The molecule has 1 N–H and O–H groups in total. The van der Waals surface area contributed by atoms with Crippen LogP contribution in [0.5, 0.6) is 17.2 Å². The summed E-state index contributed by atoms with van der Waals surface area (Å²) in [7, 11) is 0. The highest BCUT2D eigenvalue weighted by Crippen LogP contribution is 2.33. The second-order valence-electron chi connectivity index (χ2n) is 6.64. The summed E-state index contributed by atoms with van der Waals surface area (Å²) in [6.07, 6.45) is 1.30. The largest absolute Gasteiger partial charge is 0.543 e. The summed E-state index contributed by atoms with van der Waals surface area (Å²) in [4.78, 5) is 23.8. The number of hydrogen-bond donors (Lipinski definition) is 1. The van der Waals surface area contributed by atoms with E-state index < -0.39 is 11.9 Å². The maximum atomic E-state index is 12.4. The summed E-state index contributed by atoms with van der Waals surface area (Å²) in [6, 6.07) is 11.4. The minimum atomic E-state index is -1.50. The maximum absolute atomic E-state index is 12.4. The molecule has 0 aliphatic carbocycles. The van der Waals surface area contributed by atoms with Gasteiger partial charge in [-0.1, -0.05) is 19.9 Å². The lowest BCUT2D eigenvalue weighted by Crippen LogP contribution is -2.35. The number of nitrogens with one attached hydrogen (secondary N) is 1. The van der Waals surface area contributed by atoms with Crippen LogP contribution in [-0.2, 0) is 4.79 Å². The lowest BCUT2D eigenvalue weighted by molar-refractivity contribution is -0.299. The molecule has 0 saturated heterocycles. The average molecular weight is 382 g/mol. The third kappa shape index (κ3) is 4.82. The number of amides is 1. The molecule has 7 heteroatoms. The third-order valence-electron chi connectivity index (χ3n) is 3.88. The number of carbonyl (C=O) groups is 2. The van der Waals surface area contributed by atoms with Crippen LogP contribution in [0.1, 0.15) is 29.8 Å². The zero-order chi connectivity index (χ0) is 20.1. The molecule has 3 rings (SSSR count). The van der Waals surface area contributed by atoms with Gasteiger partial charge in [-0.3, -0.25) is 4.79 Å². The summed E-state index contributed by atoms with van der Waals surface area (Å²) in [6.45, 7) is 4.76. The summed E-state index contributed by atoms with van der Waals surface area (Å²) in [5, 5.41) is 13.8. The fourth-order valence-corrected chi connectivity index (χ4v) is 2.48. The van der Waals surface area contributed by atoms with Crippen molar-refractivity contribution in [3.05, 3.63) is 59.3 Å². The van der Waals surface area contributed by atoms with Crippen LogP contribution in [-0.4, -0.2) is 25.3 Å². The fraction of sp³-hybridized carbons (Fsp3) is 0.238. The number of aliphatic carboxylic acids is 1. The Kier molecular flexibility index (Phi) is 5.84. The lowest BCUT2D eigenvalue weighted by Gasteiger charge is -2.12. The van der Waals surface area contributed by atoms with Crippen molar-refractivity contribution >= 4 is 18.0 Å². The maximum Gasteiger partial charge on any atom is 0.255 e. The number of benzene rings is 2. The third-order valence-corrected chi connectivity index (χ3v) is 3.88. The minimum absolute atomic E-state index is 0.115. The molecule has 0 radical (unpaired) electrons. The van der Waals surface area contributed by atoms with Gasteiger partial charge in [-0.15, -0.1) is 0 Å². The molecule has 2 aromatic rings. The van der Waals surface area contributed by atoms with Crippen LogP contribution >= 0.6 is 0 Å². The van der Waals surface area contributed by atoms with Gasteiger partial charge >= 0.3 is 0 Å². The number of carboxylic acids is 1. The van der Waals surface area contributed by atoms with E-state index in [4.69, 9.17) is 14.2 Å². The highest BCUT2D eigenvalue weighted by molar-refractivity contribution is 6.02. The molecule has 2 aromatic carbocycles. The quantitative estimate of drug-likeness (QED) is 0.736. The van der Waals surface area contributed by atoms with Gasteiger partial charge < -0.3 is 29.4 Å². The Balaban J connectivity index is 1.71. The van der Waals surface area contributed by atoms with Crippen molar-refractivity contribution in [2.75, 3.05) is 13.4 Å². The van der Waals surface area contributed by atoms with Gasteiger partial charge in [0.1, 0.15) is 5.75 Å². The van der Waals surface area contributed by atoms with Crippen LogP contribution in [0, 0.1) is 5.92 Å². The van der Waals surface area contributed by atoms with Crippen LogP contribution in [0.25, 0.3) is 6.08 Å². The van der Waals surface area contributed by atoms with Crippen molar-refractivity contribution in [3.8, 4) is 17.2 Å². The first-order chi connectivity index (χ1) is 13.4. The van der Waals surface area contributed by atoms with E-state index in [9.17, 15) is 14.7 Å². The molecule has 7 nitrogen and oxygen atoms in total. The topological polar surface area (TPSA) is 96.9 Å². The average Bonchev–Trinajstić information content (AvgIpc) is 3.14. The van der Waals surface area contributed by atoms with Crippen LogP contribution < -0.4 is 24.6 Å². The Hall–Kier alpha value is -3.48. The van der Waals surface area contributed by atoms with Gasteiger partial charge in [-0.05, 0) is 54.0 Å². The molecule has 0 fully saturated rings. The summed E-state index contributed by atoms with van der Waals surface area (Å²) < 4.78 is 16.0. The molecule has 0 saturated carbocycles. The van der Waals surface area contributed by atoms with Crippen molar-refractivity contribution in [3.63, 3.8) is 0 Å². The van der Waals surface area contributed by atoms with Crippen molar-refractivity contribution in [2.45, 2.75) is 13.8 Å². The zero-order valence-electron chi connectivity index (χ0n) is 15.6. The molecule has 1 amide bonds. The highest BCUT2D eigenvalue weighted by Gasteiger charge is 2.14. The van der Waals surface area contributed by atoms with E-state index in [2.05, 4.69) is 5.32 Å². The number of carbonyl (C=O) groups excluding carboxylic acids is 2. The Bertz CT molecular complexity index is 902. The Morgan fingerprint density at radius 1 is 1.14 bits per heavy atom. The van der Waals surface area contributed by atoms with E-state index in [-0.39, 0.29) is 12.5 Å². The molecular formula is C21H20NO6-. The van der Waals surface area contributed by atoms with Crippen molar-refractivity contribution < 1.29 is 28.9 Å².